The Hall–Kier alpha value is -0.760. The second-order valence-electron chi connectivity index (χ2n) is 3.49. The van der Waals surface area contributed by atoms with Gasteiger partial charge in [0.25, 0.3) is 0 Å². The van der Waals surface area contributed by atoms with E-state index in [0.717, 1.165) is 24.0 Å². The maximum Gasteiger partial charge on any atom is 0.0937 e. The predicted octanol–water partition coefficient (Wildman–Crippen LogP) is 2.17. The number of hydrogen-bond acceptors (Lipinski definition) is 2. The molecule has 0 spiro atoms. The Labute approximate surface area is 73.2 Å². The van der Waals surface area contributed by atoms with E-state index in [1.165, 1.54) is 0 Å². The van der Waals surface area contributed by atoms with Crippen LogP contribution in [-0.2, 0) is 0 Å². The molecule has 0 aromatic carbocycles. The Balaban J connectivity index is 2.67. The highest BCUT2D eigenvalue weighted by atomic mass is 16.3. The van der Waals surface area contributed by atoms with Crippen molar-refractivity contribution in [1.29, 1.82) is 0 Å². The summed E-state index contributed by atoms with van der Waals surface area (Å²) in [6, 6.07) is 0. The van der Waals surface area contributed by atoms with Gasteiger partial charge in [-0.3, -0.25) is 0 Å². The summed E-state index contributed by atoms with van der Waals surface area (Å²) >= 11 is 0. The smallest absolute Gasteiger partial charge is 0.0937 e. The predicted molar refractivity (Wildman–Crippen MR) is 48.9 cm³/mol. The van der Waals surface area contributed by atoms with Gasteiger partial charge in [0.05, 0.1) is 12.4 Å². The molecule has 1 aliphatic carbocycles. The van der Waals surface area contributed by atoms with Crippen molar-refractivity contribution in [3.63, 3.8) is 0 Å². The lowest BCUT2D eigenvalue weighted by atomic mass is 9.84. The zero-order chi connectivity index (χ0) is 9.14. The van der Waals surface area contributed by atoms with Crippen LogP contribution in [-0.4, -0.2) is 16.8 Å². The number of hydrogen-bond donors (Lipinski definition) is 2. The first-order valence-corrected chi connectivity index (χ1v) is 4.31. The van der Waals surface area contributed by atoms with Crippen LogP contribution in [0.1, 0.15) is 26.2 Å². The zero-order valence-electron chi connectivity index (χ0n) is 7.51. The second kappa shape index (κ2) is 3.76. The van der Waals surface area contributed by atoms with Crippen LogP contribution in [0, 0.1) is 5.92 Å². The average Bonchev–Trinajstić information content (AvgIpc) is 2.05. The Kier molecular flexibility index (Phi) is 2.93. The monoisotopic (exact) mass is 168 g/mol. The first-order valence-electron chi connectivity index (χ1n) is 4.31. The molecule has 0 bridgehead atoms. The van der Waals surface area contributed by atoms with Gasteiger partial charge in [0.2, 0.25) is 0 Å². The Bertz CT molecular complexity index is 216. The molecule has 0 aromatic rings. The van der Waals surface area contributed by atoms with Gasteiger partial charge in [-0.05, 0) is 31.3 Å². The normalized spacial score (nSPS) is 24.3. The van der Waals surface area contributed by atoms with E-state index in [-0.39, 0.29) is 6.61 Å². The van der Waals surface area contributed by atoms with Gasteiger partial charge in [-0.2, -0.15) is 0 Å². The lowest BCUT2D eigenvalue weighted by Gasteiger charge is -2.23. The largest absolute Gasteiger partial charge is 0.512 e. The summed E-state index contributed by atoms with van der Waals surface area (Å²) in [5.41, 5.74) is 1.93. The standard InChI is InChI=1S/C10H16O2/c1-7(2)8-3-4-10(12)9(5-8)6-11/h8,11-12H,1,3-6H2,2H3/t8-/m1/s1. The second-order valence-corrected chi connectivity index (χ2v) is 3.49. The van der Waals surface area contributed by atoms with Gasteiger partial charge >= 0.3 is 0 Å². The van der Waals surface area contributed by atoms with E-state index < -0.39 is 0 Å². The Morgan fingerprint density at radius 2 is 2.33 bits per heavy atom. The third-order valence-corrected chi connectivity index (χ3v) is 2.52. The zero-order valence-corrected chi connectivity index (χ0v) is 7.51. The van der Waals surface area contributed by atoms with Crippen molar-refractivity contribution in [3.05, 3.63) is 23.5 Å². The number of aliphatic hydroxyl groups is 2. The van der Waals surface area contributed by atoms with Crippen LogP contribution in [0.15, 0.2) is 23.5 Å². The fourth-order valence-corrected chi connectivity index (χ4v) is 1.58. The maximum absolute atomic E-state index is 9.36. The maximum atomic E-state index is 9.36. The highest BCUT2D eigenvalue weighted by Gasteiger charge is 2.20. The minimum absolute atomic E-state index is 0.0182. The van der Waals surface area contributed by atoms with E-state index in [1.54, 1.807) is 0 Å². The lowest BCUT2D eigenvalue weighted by molar-refractivity contribution is 0.279. The van der Waals surface area contributed by atoms with Gasteiger partial charge in [0.15, 0.2) is 0 Å². The molecule has 0 radical (unpaired) electrons. The van der Waals surface area contributed by atoms with Crippen LogP contribution in [0.2, 0.25) is 0 Å². The van der Waals surface area contributed by atoms with Crippen LogP contribution in [0.5, 0.6) is 0 Å². The summed E-state index contributed by atoms with van der Waals surface area (Å²) in [7, 11) is 0. The van der Waals surface area contributed by atoms with Crippen molar-refractivity contribution >= 4 is 0 Å². The van der Waals surface area contributed by atoms with Crippen molar-refractivity contribution in [2.75, 3.05) is 6.61 Å². The molecule has 2 nitrogen and oxygen atoms in total. The molecule has 1 atom stereocenters. The molecular formula is C10H16O2. The molecule has 2 heteroatoms. The molecule has 0 saturated carbocycles. The summed E-state index contributed by atoms with van der Waals surface area (Å²) in [5, 5.41) is 18.3. The van der Waals surface area contributed by atoms with Crippen LogP contribution >= 0.6 is 0 Å². The molecule has 0 aromatic heterocycles. The molecule has 1 aliphatic rings. The van der Waals surface area contributed by atoms with E-state index in [1.807, 2.05) is 6.92 Å². The van der Waals surface area contributed by atoms with Crippen LogP contribution in [0.3, 0.4) is 0 Å². The molecule has 0 aliphatic heterocycles. The van der Waals surface area contributed by atoms with Crippen molar-refractivity contribution in [2.24, 2.45) is 5.92 Å². The van der Waals surface area contributed by atoms with Crippen LogP contribution < -0.4 is 0 Å². The summed E-state index contributed by atoms with van der Waals surface area (Å²) in [4.78, 5) is 0. The highest BCUT2D eigenvalue weighted by molar-refractivity contribution is 5.16. The van der Waals surface area contributed by atoms with Gasteiger partial charge in [0, 0.05) is 6.42 Å². The molecule has 0 heterocycles. The topological polar surface area (TPSA) is 40.5 Å². The molecule has 12 heavy (non-hydrogen) atoms. The van der Waals surface area contributed by atoms with Gasteiger partial charge in [-0.15, -0.1) is 0 Å². The molecule has 2 N–H and O–H groups in total. The quantitative estimate of drug-likeness (QED) is 0.620. The molecule has 0 unspecified atom stereocenters. The summed E-state index contributed by atoms with van der Waals surface area (Å²) < 4.78 is 0. The number of rotatable bonds is 2. The van der Waals surface area contributed by atoms with E-state index >= 15 is 0 Å². The van der Waals surface area contributed by atoms with E-state index in [9.17, 15) is 5.11 Å². The van der Waals surface area contributed by atoms with E-state index in [0.29, 0.717) is 18.1 Å². The van der Waals surface area contributed by atoms with Crippen molar-refractivity contribution < 1.29 is 10.2 Å². The Morgan fingerprint density at radius 1 is 1.67 bits per heavy atom. The van der Waals surface area contributed by atoms with Crippen molar-refractivity contribution in [1.82, 2.24) is 0 Å². The minimum atomic E-state index is -0.0182. The van der Waals surface area contributed by atoms with Crippen molar-refractivity contribution in [2.45, 2.75) is 26.2 Å². The average molecular weight is 168 g/mol. The highest BCUT2D eigenvalue weighted by Crippen LogP contribution is 2.31. The third-order valence-electron chi connectivity index (χ3n) is 2.52. The van der Waals surface area contributed by atoms with Crippen LogP contribution in [0.4, 0.5) is 0 Å². The first-order chi connectivity index (χ1) is 5.65. The van der Waals surface area contributed by atoms with Gasteiger partial charge < -0.3 is 10.2 Å². The molecular weight excluding hydrogens is 152 g/mol. The first kappa shape index (κ1) is 9.33. The number of allylic oxidation sites excluding steroid dienone is 2. The minimum Gasteiger partial charge on any atom is -0.512 e. The fraction of sp³-hybridized carbons (Fsp3) is 0.600. The molecule has 68 valence electrons. The summed E-state index contributed by atoms with van der Waals surface area (Å²) in [6.45, 7) is 5.87. The van der Waals surface area contributed by atoms with Crippen molar-refractivity contribution in [3.8, 4) is 0 Å². The number of aliphatic hydroxyl groups excluding tert-OH is 2. The fourth-order valence-electron chi connectivity index (χ4n) is 1.58. The molecule has 0 saturated heterocycles. The van der Waals surface area contributed by atoms with E-state index in [4.69, 9.17) is 5.11 Å². The van der Waals surface area contributed by atoms with Gasteiger partial charge in [0.1, 0.15) is 0 Å². The molecule has 1 rings (SSSR count). The Morgan fingerprint density at radius 3 is 2.83 bits per heavy atom. The van der Waals surface area contributed by atoms with Gasteiger partial charge in [-0.25, -0.2) is 0 Å². The third kappa shape index (κ3) is 1.89. The lowest BCUT2D eigenvalue weighted by Crippen LogP contribution is -2.13. The molecule has 0 fully saturated rings. The SMILES string of the molecule is C=C(C)[C@@H]1CCC(O)=C(CO)C1. The molecule has 0 amide bonds. The summed E-state index contributed by atoms with van der Waals surface area (Å²) in [5.74, 6) is 0.832. The summed E-state index contributed by atoms with van der Waals surface area (Å²) in [6.07, 6.45) is 2.43. The van der Waals surface area contributed by atoms with E-state index in [2.05, 4.69) is 6.58 Å². The van der Waals surface area contributed by atoms with Crippen LogP contribution in [0.25, 0.3) is 0 Å². The van der Waals surface area contributed by atoms with Gasteiger partial charge in [-0.1, -0.05) is 12.2 Å².